The molecular weight excluding hydrogens is 205 g/mol. The Kier molecular flexibility index (Phi) is 4.62. The average molecular weight is 223 g/mol. The fourth-order valence-electron chi connectivity index (χ4n) is 1.94. The molecule has 2 nitrogen and oxygen atoms in total. The zero-order chi connectivity index (χ0) is 12.1. The molecule has 1 rings (SSSR count). The molecule has 0 aliphatic rings. The van der Waals surface area contributed by atoms with Gasteiger partial charge >= 0.3 is 0 Å². The Morgan fingerprint density at radius 1 is 1.25 bits per heavy atom. The van der Waals surface area contributed by atoms with E-state index in [-0.39, 0.29) is 17.6 Å². The number of hydrogen-bond donors (Lipinski definition) is 0. The summed E-state index contributed by atoms with van der Waals surface area (Å²) in [6.45, 7) is 7.22. The van der Waals surface area contributed by atoms with Gasteiger partial charge in [-0.05, 0) is 37.7 Å². The summed E-state index contributed by atoms with van der Waals surface area (Å²) in [5.74, 6) is -0.180. The van der Waals surface area contributed by atoms with Gasteiger partial charge in [0.25, 0.3) is 0 Å². The Morgan fingerprint density at radius 2 is 1.75 bits per heavy atom. The highest BCUT2D eigenvalue weighted by Gasteiger charge is 2.22. The number of benzene rings is 1. The predicted octanol–water partition coefficient (Wildman–Crippen LogP) is 2.80. The third-order valence-electron chi connectivity index (χ3n) is 2.75. The molecule has 3 heteroatoms. The summed E-state index contributed by atoms with van der Waals surface area (Å²) in [4.78, 5) is 13.7. The third-order valence-corrected chi connectivity index (χ3v) is 2.75. The van der Waals surface area contributed by atoms with Gasteiger partial charge < -0.3 is 0 Å². The molecule has 0 bridgehead atoms. The van der Waals surface area contributed by atoms with Crippen molar-refractivity contribution in [2.75, 3.05) is 13.1 Å². The van der Waals surface area contributed by atoms with E-state index in [1.54, 1.807) is 19.1 Å². The monoisotopic (exact) mass is 223 g/mol. The first kappa shape index (κ1) is 12.8. The van der Waals surface area contributed by atoms with Crippen molar-refractivity contribution >= 4 is 5.78 Å². The number of halogens is 1. The number of ketones is 1. The maximum Gasteiger partial charge on any atom is 0.151 e. The number of likely N-dealkylation sites (N-methyl/N-ethyl adjacent to an activating group) is 1. The van der Waals surface area contributed by atoms with E-state index in [0.29, 0.717) is 0 Å². The molecular formula is C13H18FNO. The van der Waals surface area contributed by atoms with Crippen LogP contribution in [0.5, 0.6) is 0 Å². The van der Waals surface area contributed by atoms with Crippen LogP contribution in [0.1, 0.15) is 32.4 Å². The molecule has 0 saturated heterocycles. The van der Waals surface area contributed by atoms with Crippen molar-refractivity contribution in [3.8, 4) is 0 Å². The van der Waals surface area contributed by atoms with Gasteiger partial charge in [0.15, 0.2) is 5.78 Å². The fraction of sp³-hybridized carbons (Fsp3) is 0.462. The predicted molar refractivity (Wildman–Crippen MR) is 62.7 cm³/mol. The van der Waals surface area contributed by atoms with E-state index in [0.717, 1.165) is 18.7 Å². The first-order chi connectivity index (χ1) is 7.60. The van der Waals surface area contributed by atoms with E-state index in [2.05, 4.69) is 4.90 Å². The first-order valence-electron chi connectivity index (χ1n) is 5.60. The van der Waals surface area contributed by atoms with E-state index < -0.39 is 0 Å². The normalized spacial score (nSPS) is 12.8. The molecule has 88 valence electrons. The standard InChI is InChI=1S/C13H18FNO/c1-4-15(5-2)13(10(3)16)11-6-8-12(14)9-7-11/h6-9,13H,4-5H2,1-3H3. The summed E-state index contributed by atoms with van der Waals surface area (Å²) >= 11 is 0. The fourth-order valence-corrected chi connectivity index (χ4v) is 1.94. The zero-order valence-electron chi connectivity index (χ0n) is 10.0. The lowest BCUT2D eigenvalue weighted by Crippen LogP contribution is -2.32. The molecule has 0 N–H and O–H groups in total. The highest BCUT2D eigenvalue weighted by atomic mass is 19.1. The van der Waals surface area contributed by atoms with Crippen molar-refractivity contribution in [1.29, 1.82) is 0 Å². The molecule has 0 aliphatic carbocycles. The van der Waals surface area contributed by atoms with Gasteiger partial charge in [-0.2, -0.15) is 0 Å². The van der Waals surface area contributed by atoms with Crippen LogP contribution in [0.15, 0.2) is 24.3 Å². The van der Waals surface area contributed by atoms with Crippen LogP contribution in [-0.2, 0) is 4.79 Å². The van der Waals surface area contributed by atoms with Crippen LogP contribution in [0.2, 0.25) is 0 Å². The molecule has 0 heterocycles. The van der Waals surface area contributed by atoms with E-state index >= 15 is 0 Å². The van der Waals surface area contributed by atoms with Gasteiger partial charge in [0.05, 0.1) is 6.04 Å². The summed E-state index contributed by atoms with van der Waals surface area (Å²) in [6, 6.07) is 5.90. The molecule has 0 fully saturated rings. The van der Waals surface area contributed by atoms with Crippen molar-refractivity contribution in [1.82, 2.24) is 4.90 Å². The number of nitrogens with zero attached hydrogens (tertiary/aromatic N) is 1. The number of Topliss-reactive ketones (excluding diaryl/α,β-unsaturated/α-hetero) is 1. The molecule has 1 aromatic carbocycles. The van der Waals surface area contributed by atoms with Gasteiger partial charge in [-0.15, -0.1) is 0 Å². The number of carbonyl (C=O) groups excluding carboxylic acids is 1. The molecule has 0 amide bonds. The Bertz CT molecular complexity index is 343. The summed E-state index contributed by atoms with van der Waals surface area (Å²) in [5, 5.41) is 0. The van der Waals surface area contributed by atoms with Crippen LogP contribution in [0.25, 0.3) is 0 Å². The lowest BCUT2D eigenvalue weighted by atomic mass is 10.0. The maximum atomic E-state index is 12.8. The van der Waals surface area contributed by atoms with Gasteiger partial charge in [-0.3, -0.25) is 9.69 Å². The minimum atomic E-state index is -0.273. The minimum absolute atomic E-state index is 0.0929. The van der Waals surface area contributed by atoms with Gasteiger partial charge in [0.2, 0.25) is 0 Å². The van der Waals surface area contributed by atoms with Crippen molar-refractivity contribution < 1.29 is 9.18 Å². The summed E-state index contributed by atoms with van der Waals surface area (Å²) < 4.78 is 12.8. The first-order valence-corrected chi connectivity index (χ1v) is 5.60. The molecule has 0 aliphatic heterocycles. The maximum absolute atomic E-state index is 12.8. The molecule has 1 atom stereocenters. The van der Waals surface area contributed by atoms with Gasteiger partial charge in [0, 0.05) is 0 Å². The zero-order valence-corrected chi connectivity index (χ0v) is 10.0. The van der Waals surface area contributed by atoms with Gasteiger partial charge in [0.1, 0.15) is 5.82 Å². The molecule has 0 saturated carbocycles. The Labute approximate surface area is 96.1 Å². The van der Waals surface area contributed by atoms with Crippen LogP contribution in [0, 0.1) is 5.82 Å². The topological polar surface area (TPSA) is 20.3 Å². The molecule has 1 unspecified atom stereocenters. The second-order valence-electron chi connectivity index (χ2n) is 3.79. The Morgan fingerprint density at radius 3 is 2.12 bits per heavy atom. The summed E-state index contributed by atoms with van der Waals surface area (Å²) in [7, 11) is 0. The van der Waals surface area contributed by atoms with Crippen LogP contribution in [0.3, 0.4) is 0 Å². The van der Waals surface area contributed by atoms with Crippen LogP contribution < -0.4 is 0 Å². The summed E-state index contributed by atoms with van der Waals surface area (Å²) in [5.41, 5.74) is 0.859. The van der Waals surface area contributed by atoms with E-state index in [1.807, 2.05) is 13.8 Å². The molecule has 1 aromatic rings. The Hall–Kier alpha value is -1.22. The highest BCUT2D eigenvalue weighted by Crippen LogP contribution is 2.21. The van der Waals surface area contributed by atoms with Gasteiger partial charge in [-0.25, -0.2) is 4.39 Å². The molecule has 0 spiro atoms. The van der Waals surface area contributed by atoms with Crippen molar-refractivity contribution in [3.63, 3.8) is 0 Å². The number of rotatable bonds is 5. The molecule has 16 heavy (non-hydrogen) atoms. The average Bonchev–Trinajstić information content (AvgIpc) is 2.27. The van der Waals surface area contributed by atoms with Crippen LogP contribution in [0.4, 0.5) is 4.39 Å². The largest absolute Gasteiger partial charge is 0.298 e. The Balaban J connectivity index is 3.02. The second kappa shape index (κ2) is 5.75. The van der Waals surface area contributed by atoms with Crippen LogP contribution in [-0.4, -0.2) is 23.8 Å². The second-order valence-corrected chi connectivity index (χ2v) is 3.79. The SMILES string of the molecule is CCN(CC)C(C(C)=O)c1ccc(F)cc1. The van der Waals surface area contributed by atoms with Crippen molar-refractivity contribution in [2.45, 2.75) is 26.8 Å². The highest BCUT2D eigenvalue weighted by molar-refractivity contribution is 5.82. The number of carbonyl (C=O) groups is 1. The minimum Gasteiger partial charge on any atom is -0.298 e. The third kappa shape index (κ3) is 2.89. The molecule has 0 radical (unpaired) electrons. The van der Waals surface area contributed by atoms with Gasteiger partial charge in [-0.1, -0.05) is 26.0 Å². The van der Waals surface area contributed by atoms with Crippen molar-refractivity contribution in [2.24, 2.45) is 0 Å². The van der Waals surface area contributed by atoms with Crippen molar-refractivity contribution in [3.05, 3.63) is 35.6 Å². The van der Waals surface area contributed by atoms with E-state index in [9.17, 15) is 9.18 Å². The lowest BCUT2D eigenvalue weighted by Gasteiger charge is -2.27. The summed E-state index contributed by atoms with van der Waals surface area (Å²) in [6.07, 6.45) is 0. The molecule has 0 aromatic heterocycles. The number of hydrogen-bond acceptors (Lipinski definition) is 2. The lowest BCUT2D eigenvalue weighted by molar-refractivity contribution is -0.122. The quantitative estimate of drug-likeness (QED) is 0.765. The van der Waals surface area contributed by atoms with E-state index in [1.165, 1.54) is 12.1 Å². The van der Waals surface area contributed by atoms with Crippen LogP contribution >= 0.6 is 0 Å². The van der Waals surface area contributed by atoms with E-state index in [4.69, 9.17) is 0 Å². The smallest absolute Gasteiger partial charge is 0.151 e.